The lowest BCUT2D eigenvalue weighted by Crippen LogP contribution is -2.65. The van der Waals surface area contributed by atoms with Crippen molar-refractivity contribution >= 4 is 29.7 Å². The summed E-state index contributed by atoms with van der Waals surface area (Å²) in [4.78, 5) is 41.6. The van der Waals surface area contributed by atoms with Crippen molar-refractivity contribution < 1.29 is 19.1 Å². The summed E-state index contributed by atoms with van der Waals surface area (Å²) in [6.07, 6.45) is 5.14. The van der Waals surface area contributed by atoms with E-state index in [-0.39, 0.29) is 11.8 Å². The van der Waals surface area contributed by atoms with Gasteiger partial charge in [0.2, 0.25) is 11.8 Å². The first-order valence-corrected chi connectivity index (χ1v) is 8.55. The van der Waals surface area contributed by atoms with Gasteiger partial charge in [0, 0.05) is 32.3 Å². The minimum absolute atomic E-state index is 0.0265. The molecular formula is C19H23N3O4. The average Bonchev–Trinajstić information content (AvgIpc) is 2.48. The quantitative estimate of drug-likeness (QED) is 0.644. The number of anilines is 1. The summed E-state index contributed by atoms with van der Waals surface area (Å²) < 4.78 is 5.24. The van der Waals surface area contributed by atoms with Crippen LogP contribution in [0.3, 0.4) is 0 Å². The Hall–Kier alpha value is -2.70. The Kier molecular flexibility index (Phi) is 4.34. The van der Waals surface area contributed by atoms with Crippen molar-refractivity contribution in [3.05, 3.63) is 29.5 Å². The first-order valence-electron chi connectivity index (χ1n) is 8.55. The number of nitrogens with one attached hydrogen (secondary N) is 1. The number of ether oxygens (including phenoxy) is 1. The molecule has 26 heavy (non-hydrogen) atoms. The molecule has 3 heterocycles. The van der Waals surface area contributed by atoms with Gasteiger partial charge in [0.25, 0.3) is 0 Å². The van der Waals surface area contributed by atoms with Gasteiger partial charge in [-0.1, -0.05) is 0 Å². The van der Waals surface area contributed by atoms with Crippen LogP contribution in [-0.4, -0.2) is 46.4 Å². The average molecular weight is 357 g/mol. The van der Waals surface area contributed by atoms with Crippen molar-refractivity contribution in [2.45, 2.75) is 39.7 Å². The predicted molar refractivity (Wildman–Crippen MR) is 96.1 cm³/mol. The topological polar surface area (TPSA) is 88.6 Å². The van der Waals surface area contributed by atoms with Gasteiger partial charge < -0.3 is 15.0 Å². The van der Waals surface area contributed by atoms with Crippen molar-refractivity contribution in [2.24, 2.45) is 5.41 Å². The molecule has 0 radical (unpaired) electrons. The van der Waals surface area contributed by atoms with E-state index in [4.69, 9.17) is 4.74 Å². The Morgan fingerprint density at radius 2 is 2.04 bits per heavy atom. The molecule has 2 aliphatic rings. The van der Waals surface area contributed by atoms with Gasteiger partial charge in [-0.05, 0) is 50.5 Å². The van der Waals surface area contributed by atoms with Crippen LogP contribution in [0.1, 0.15) is 38.8 Å². The van der Waals surface area contributed by atoms with E-state index >= 15 is 0 Å². The van der Waals surface area contributed by atoms with Crippen molar-refractivity contribution in [2.75, 3.05) is 18.4 Å². The van der Waals surface area contributed by atoms with Gasteiger partial charge in [0.15, 0.2) is 0 Å². The third-order valence-electron chi connectivity index (χ3n) is 4.48. The lowest BCUT2D eigenvalue weighted by atomic mass is 9.72. The summed E-state index contributed by atoms with van der Waals surface area (Å²) >= 11 is 0. The molecule has 0 aromatic carbocycles. The van der Waals surface area contributed by atoms with Crippen LogP contribution in [0.2, 0.25) is 0 Å². The second-order valence-electron chi connectivity index (χ2n) is 7.93. The Morgan fingerprint density at radius 3 is 2.65 bits per heavy atom. The first kappa shape index (κ1) is 18.1. The molecule has 0 unspecified atom stereocenters. The van der Waals surface area contributed by atoms with E-state index < -0.39 is 17.0 Å². The number of amides is 2. The van der Waals surface area contributed by atoms with Gasteiger partial charge in [-0.2, -0.15) is 0 Å². The molecule has 0 atom stereocenters. The number of likely N-dealkylation sites (tertiary alicyclic amines) is 1. The zero-order valence-corrected chi connectivity index (χ0v) is 15.5. The van der Waals surface area contributed by atoms with E-state index in [1.54, 1.807) is 17.2 Å². The van der Waals surface area contributed by atoms with Gasteiger partial charge >= 0.3 is 5.97 Å². The van der Waals surface area contributed by atoms with Crippen LogP contribution in [0, 0.1) is 5.41 Å². The number of pyridine rings is 1. The minimum Gasteiger partial charge on any atom is -0.457 e. The van der Waals surface area contributed by atoms with Gasteiger partial charge in [-0.25, -0.2) is 9.78 Å². The molecule has 2 amide bonds. The van der Waals surface area contributed by atoms with Crippen LogP contribution in [0.25, 0.3) is 6.08 Å². The lowest BCUT2D eigenvalue weighted by Gasteiger charge is -2.50. The van der Waals surface area contributed by atoms with Gasteiger partial charge in [-0.15, -0.1) is 0 Å². The number of carbonyl (C=O) groups excluding carboxylic acids is 3. The van der Waals surface area contributed by atoms with E-state index in [1.165, 1.54) is 13.0 Å². The molecule has 0 bridgehead atoms. The molecule has 1 saturated heterocycles. The van der Waals surface area contributed by atoms with E-state index in [0.717, 1.165) is 11.1 Å². The fourth-order valence-corrected chi connectivity index (χ4v) is 3.21. The number of hydrogen-bond donors (Lipinski definition) is 1. The molecule has 0 saturated carbocycles. The minimum atomic E-state index is -0.576. The van der Waals surface area contributed by atoms with Crippen molar-refractivity contribution in [3.63, 3.8) is 0 Å². The maximum Gasteiger partial charge on any atom is 0.331 e. The SMILES string of the molecule is CC(=O)N1CC2(Cc3cc(/C=C/C(=O)OC(C)(C)C)cnc3NC2=O)C1. The van der Waals surface area contributed by atoms with E-state index in [2.05, 4.69) is 10.3 Å². The highest BCUT2D eigenvalue weighted by molar-refractivity contribution is 5.99. The van der Waals surface area contributed by atoms with E-state index in [9.17, 15) is 14.4 Å². The van der Waals surface area contributed by atoms with Crippen LogP contribution in [0.5, 0.6) is 0 Å². The standard InChI is InChI=1S/C19H23N3O4/c1-12(23)22-10-19(11-22)8-14-7-13(9-20-16(14)21-17(19)25)5-6-15(24)26-18(2,3)4/h5-7,9H,8,10-11H2,1-4H3,(H,20,21,25)/b6-5+. The maximum atomic E-state index is 12.4. The number of aromatic nitrogens is 1. The van der Waals surface area contributed by atoms with Crippen molar-refractivity contribution in [1.29, 1.82) is 0 Å². The number of fused-ring (bicyclic) bond motifs is 1. The van der Waals surface area contributed by atoms with Gasteiger partial charge in [0.1, 0.15) is 11.4 Å². The third-order valence-corrected chi connectivity index (χ3v) is 4.48. The summed E-state index contributed by atoms with van der Waals surface area (Å²) in [6, 6.07) is 1.90. The highest BCUT2D eigenvalue weighted by Gasteiger charge is 2.52. The number of hydrogen-bond acceptors (Lipinski definition) is 5. The molecule has 0 aliphatic carbocycles. The summed E-state index contributed by atoms with van der Waals surface area (Å²) in [5.74, 6) is 0.000781. The molecule has 1 N–H and O–H groups in total. The van der Waals surface area contributed by atoms with Crippen molar-refractivity contribution in [1.82, 2.24) is 9.88 Å². The Balaban J connectivity index is 1.74. The molecule has 7 heteroatoms. The number of esters is 1. The van der Waals surface area contributed by atoms with Crippen LogP contribution in [0.15, 0.2) is 18.3 Å². The van der Waals surface area contributed by atoms with Gasteiger partial charge in [-0.3, -0.25) is 9.59 Å². The van der Waals surface area contributed by atoms with Crippen molar-refractivity contribution in [3.8, 4) is 0 Å². The number of carbonyl (C=O) groups is 3. The van der Waals surface area contributed by atoms with E-state index in [1.807, 2.05) is 26.8 Å². The molecular weight excluding hydrogens is 334 g/mol. The fourth-order valence-electron chi connectivity index (χ4n) is 3.21. The maximum absolute atomic E-state index is 12.4. The molecule has 1 spiro atoms. The third kappa shape index (κ3) is 3.61. The summed E-state index contributed by atoms with van der Waals surface area (Å²) in [6.45, 7) is 7.78. The van der Waals surface area contributed by atoms with Crippen LogP contribution in [0.4, 0.5) is 5.82 Å². The number of rotatable bonds is 2. The van der Waals surface area contributed by atoms with Crippen LogP contribution < -0.4 is 5.32 Å². The highest BCUT2D eigenvalue weighted by Crippen LogP contribution is 2.40. The van der Waals surface area contributed by atoms with Crippen LogP contribution in [-0.2, 0) is 25.5 Å². The molecule has 138 valence electrons. The highest BCUT2D eigenvalue weighted by atomic mass is 16.6. The normalized spacial score (nSPS) is 18.3. The Morgan fingerprint density at radius 1 is 1.35 bits per heavy atom. The zero-order chi connectivity index (χ0) is 19.1. The summed E-state index contributed by atoms with van der Waals surface area (Å²) in [7, 11) is 0. The molecule has 3 rings (SSSR count). The second kappa shape index (κ2) is 6.23. The molecule has 2 aliphatic heterocycles. The molecule has 1 aromatic rings. The summed E-state index contributed by atoms with van der Waals surface area (Å²) in [5.41, 5.74) is 0.537. The van der Waals surface area contributed by atoms with Gasteiger partial charge in [0.05, 0.1) is 5.41 Å². The largest absolute Gasteiger partial charge is 0.457 e. The molecule has 1 fully saturated rings. The Labute approximate surface area is 152 Å². The lowest BCUT2D eigenvalue weighted by molar-refractivity contribution is -0.150. The van der Waals surface area contributed by atoms with E-state index in [0.29, 0.717) is 25.3 Å². The van der Waals surface area contributed by atoms with Crippen LogP contribution >= 0.6 is 0 Å². The zero-order valence-electron chi connectivity index (χ0n) is 15.5. The second-order valence-corrected chi connectivity index (χ2v) is 7.93. The fraction of sp³-hybridized carbons (Fsp3) is 0.474. The summed E-state index contributed by atoms with van der Waals surface area (Å²) in [5, 5.41) is 2.83. The smallest absolute Gasteiger partial charge is 0.331 e. The first-order chi connectivity index (χ1) is 12.1. The monoisotopic (exact) mass is 357 g/mol. The predicted octanol–water partition coefficient (Wildman–Crippen LogP) is 1.78. The molecule has 7 nitrogen and oxygen atoms in total. The molecule has 1 aromatic heterocycles. The Bertz CT molecular complexity index is 801. The number of nitrogens with zero attached hydrogens (tertiary/aromatic N) is 2.